The van der Waals surface area contributed by atoms with Gasteiger partial charge in [-0.2, -0.15) is 0 Å². The molecule has 0 spiro atoms. The second-order valence-electron chi connectivity index (χ2n) is 4.11. The lowest BCUT2D eigenvalue weighted by atomic mass is 10.3. The standard InChI is InChI=1S/C11H19NO4S/c1-3-16-11(13)5-4-6-12-7-8-17(14,15)9-10(12)2/h4-5,10H,3,6-9H2,1-2H3/b5-4+. The van der Waals surface area contributed by atoms with Gasteiger partial charge in [0.1, 0.15) is 0 Å². The van der Waals surface area contributed by atoms with Crippen molar-refractivity contribution in [2.75, 3.05) is 31.2 Å². The molecule has 5 nitrogen and oxygen atoms in total. The molecule has 1 fully saturated rings. The molecule has 1 saturated heterocycles. The molecule has 0 saturated carbocycles. The third-order valence-corrected chi connectivity index (χ3v) is 4.48. The van der Waals surface area contributed by atoms with Gasteiger partial charge in [-0.3, -0.25) is 4.90 Å². The van der Waals surface area contributed by atoms with Crippen LogP contribution >= 0.6 is 0 Å². The number of nitrogens with zero attached hydrogens (tertiary/aromatic N) is 1. The van der Waals surface area contributed by atoms with E-state index < -0.39 is 9.84 Å². The van der Waals surface area contributed by atoms with Gasteiger partial charge in [0.15, 0.2) is 9.84 Å². The molecule has 98 valence electrons. The molecule has 1 aliphatic rings. The summed E-state index contributed by atoms with van der Waals surface area (Å²) in [6.45, 7) is 5.10. The predicted octanol–water partition coefficient (Wildman–Crippen LogP) is 0.225. The Hall–Kier alpha value is -0.880. The zero-order chi connectivity index (χ0) is 12.9. The van der Waals surface area contributed by atoms with Gasteiger partial charge in [-0.15, -0.1) is 0 Å². The van der Waals surface area contributed by atoms with Gasteiger partial charge in [-0.25, -0.2) is 13.2 Å². The molecule has 1 rings (SSSR count). The molecule has 17 heavy (non-hydrogen) atoms. The van der Waals surface area contributed by atoms with Gasteiger partial charge in [-0.05, 0) is 13.8 Å². The molecule has 0 amide bonds. The summed E-state index contributed by atoms with van der Waals surface area (Å²) in [4.78, 5) is 13.1. The summed E-state index contributed by atoms with van der Waals surface area (Å²) in [5, 5.41) is 0. The lowest BCUT2D eigenvalue weighted by Crippen LogP contribution is -2.46. The van der Waals surface area contributed by atoms with E-state index in [9.17, 15) is 13.2 Å². The Morgan fingerprint density at radius 1 is 1.53 bits per heavy atom. The first-order chi connectivity index (χ1) is 7.94. The molecule has 0 radical (unpaired) electrons. The number of rotatable bonds is 4. The maximum absolute atomic E-state index is 11.4. The molecule has 0 aromatic heterocycles. The fourth-order valence-corrected chi connectivity index (χ4v) is 3.40. The molecule has 0 bridgehead atoms. The lowest BCUT2D eigenvalue weighted by Gasteiger charge is -2.31. The van der Waals surface area contributed by atoms with Crippen molar-refractivity contribution >= 4 is 15.8 Å². The highest BCUT2D eigenvalue weighted by atomic mass is 32.2. The lowest BCUT2D eigenvalue weighted by molar-refractivity contribution is -0.137. The van der Waals surface area contributed by atoms with E-state index in [1.54, 1.807) is 13.0 Å². The van der Waals surface area contributed by atoms with Crippen molar-refractivity contribution in [3.05, 3.63) is 12.2 Å². The third kappa shape index (κ3) is 4.87. The zero-order valence-corrected chi connectivity index (χ0v) is 11.1. The van der Waals surface area contributed by atoms with Crippen molar-refractivity contribution in [3.63, 3.8) is 0 Å². The largest absolute Gasteiger partial charge is 0.463 e. The molecule has 1 aliphatic heterocycles. The monoisotopic (exact) mass is 261 g/mol. The van der Waals surface area contributed by atoms with E-state index in [0.717, 1.165) is 0 Å². The summed E-state index contributed by atoms with van der Waals surface area (Å²) in [5.74, 6) is 0.0370. The Kier molecular flexibility index (Phi) is 5.14. The van der Waals surface area contributed by atoms with Crippen LogP contribution in [0.1, 0.15) is 13.8 Å². The van der Waals surface area contributed by atoms with Gasteiger partial charge in [0, 0.05) is 25.2 Å². The minimum absolute atomic E-state index is 0.000551. The van der Waals surface area contributed by atoms with Gasteiger partial charge in [-0.1, -0.05) is 6.08 Å². The van der Waals surface area contributed by atoms with E-state index in [0.29, 0.717) is 19.7 Å². The van der Waals surface area contributed by atoms with Crippen LogP contribution in [-0.4, -0.2) is 56.5 Å². The maximum atomic E-state index is 11.4. The van der Waals surface area contributed by atoms with Crippen LogP contribution in [0.15, 0.2) is 12.2 Å². The summed E-state index contributed by atoms with van der Waals surface area (Å²) >= 11 is 0. The molecule has 1 heterocycles. The summed E-state index contributed by atoms with van der Waals surface area (Å²) in [7, 11) is -2.87. The number of sulfone groups is 1. The third-order valence-electron chi connectivity index (χ3n) is 2.69. The molecule has 1 unspecified atom stereocenters. The fourth-order valence-electron chi connectivity index (χ4n) is 1.78. The highest BCUT2D eigenvalue weighted by molar-refractivity contribution is 7.91. The molecule has 0 aliphatic carbocycles. The van der Waals surface area contributed by atoms with E-state index in [1.807, 2.05) is 11.8 Å². The molecular weight excluding hydrogens is 242 g/mol. The quantitative estimate of drug-likeness (QED) is 0.535. The van der Waals surface area contributed by atoms with Crippen molar-refractivity contribution < 1.29 is 17.9 Å². The highest BCUT2D eigenvalue weighted by Gasteiger charge is 2.26. The van der Waals surface area contributed by atoms with Crippen molar-refractivity contribution in [1.29, 1.82) is 0 Å². The van der Waals surface area contributed by atoms with E-state index in [2.05, 4.69) is 0 Å². The SMILES string of the molecule is CCOC(=O)/C=C/CN1CCS(=O)(=O)CC1C. The van der Waals surface area contributed by atoms with Gasteiger partial charge in [0.25, 0.3) is 0 Å². The second kappa shape index (κ2) is 6.16. The molecule has 0 aromatic carbocycles. The average molecular weight is 261 g/mol. The summed E-state index contributed by atoms with van der Waals surface area (Å²) in [5.41, 5.74) is 0. The van der Waals surface area contributed by atoms with Crippen LogP contribution in [0, 0.1) is 0 Å². The van der Waals surface area contributed by atoms with Gasteiger partial charge < -0.3 is 4.74 Å². The minimum atomic E-state index is -2.87. The number of carbonyl (C=O) groups excluding carboxylic acids is 1. The number of hydrogen-bond acceptors (Lipinski definition) is 5. The van der Waals surface area contributed by atoms with Gasteiger partial charge >= 0.3 is 5.97 Å². The summed E-state index contributed by atoms with van der Waals surface area (Å²) < 4.78 is 27.5. The van der Waals surface area contributed by atoms with Crippen LogP contribution in [0.4, 0.5) is 0 Å². The van der Waals surface area contributed by atoms with Crippen molar-refractivity contribution in [3.8, 4) is 0 Å². The Morgan fingerprint density at radius 3 is 2.82 bits per heavy atom. The molecule has 1 atom stereocenters. The smallest absolute Gasteiger partial charge is 0.330 e. The van der Waals surface area contributed by atoms with Crippen LogP contribution < -0.4 is 0 Å². The van der Waals surface area contributed by atoms with Crippen LogP contribution in [0.2, 0.25) is 0 Å². The molecule has 0 aromatic rings. The normalized spacial score (nSPS) is 24.9. The number of hydrogen-bond donors (Lipinski definition) is 0. The number of carbonyl (C=O) groups is 1. The van der Waals surface area contributed by atoms with Crippen LogP contribution in [0.3, 0.4) is 0 Å². The summed E-state index contributed by atoms with van der Waals surface area (Å²) in [6, 6.07) is 0.000551. The topological polar surface area (TPSA) is 63.7 Å². The Labute approximate surface area is 102 Å². The average Bonchev–Trinajstić information content (AvgIpc) is 2.21. The number of ether oxygens (including phenoxy) is 1. The predicted molar refractivity (Wildman–Crippen MR) is 65.5 cm³/mol. The summed E-state index contributed by atoms with van der Waals surface area (Å²) in [6.07, 6.45) is 3.10. The Balaban J connectivity index is 2.41. The van der Waals surface area contributed by atoms with E-state index in [4.69, 9.17) is 4.74 Å². The van der Waals surface area contributed by atoms with Gasteiger partial charge in [0.05, 0.1) is 18.1 Å². The molecule has 0 N–H and O–H groups in total. The van der Waals surface area contributed by atoms with E-state index >= 15 is 0 Å². The van der Waals surface area contributed by atoms with Crippen LogP contribution in [0.25, 0.3) is 0 Å². The zero-order valence-electron chi connectivity index (χ0n) is 10.3. The van der Waals surface area contributed by atoms with Crippen LogP contribution in [-0.2, 0) is 19.4 Å². The van der Waals surface area contributed by atoms with Crippen LogP contribution in [0.5, 0.6) is 0 Å². The van der Waals surface area contributed by atoms with Crippen molar-refractivity contribution in [2.24, 2.45) is 0 Å². The molecule has 6 heteroatoms. The number of esters is 1. The van der Waals surface area contributed by atoms with Crippen molar-refractivity contribution in [1.82, 2.24) is 4.90 Å². The Morgan fingerprint density at radius 2 is 2.24 bits per heavy atom. The minimum Gasteiger partial charge on any atom is -0.463 e. The second-order valence-corrected chi connectivity index (χ2v) is 6.34. The molecular formula is C11H19NO4S. The maximum Gasteiger partial charge on any atom is 0.330 e. The van der Waals surface area contributed by atoms with Gasteiger partial charge in [0.2, 0.25) is 0 Å². The first kappa shape index (κ1) is 14.2. The highest BCUT2D eigenvalue weighted by Crippen LogP contribution is 2.10. The van der Waals surface area contributed by atoms with E-state index in [-0.39, 0.29) is 23.5 Å². The first-order valence-corrected chi connectivity index (χ1v) is 7.54. The first-order valence-electron chi connectivity index (χ1n) is 5.72. The Bertz CT molecular complexity index is 388. The van der Waals surface area contributed by atoms with E-state index in [1.165, 1.54) is 6.08 Å². The fraction of sp³-hybridized carbons (Fsp3) is 0.727. The van der Waals surface area contributed by atoms with Crippen molar-refractivity contribution in [2.45, 2.75) is 19.9 Å².